The lowest BCUT2D eigenvalue weighted by Crippen LogP contribution is -2.46. The van der Waals surface area contributed by atoms with Crippen LogP contribution in [0.1, 0.15) is 25.7 Å². The van der Waals surface area contributed by atoms with Gasteiger partial charge in [0.05, 0.1) is 13.1 Å². The number of hydrogen-bond donors (Lipinski definition) is 3. The Labute approximate surface area is 98.9 Å². The van der Waals surface area contributed by atoms with Gasteiger partial charge in [0.15, 0.2) is 0 Å². The number of carboxylic acid groups (broad SMARTS) is 1. The first kappa shape index (κ1) is 13.4. The molecule has 7 nitrogen and oxygen atoms in total. The molecule has 1 saturated carbocycles. The number of nitrogens with two attached hydrogens (primary N) is 1. The van der Waals surface area contributed by atoms with Gasteiger partial charge in [0.25, 0.3) is 0 Å². The molecular weight excluding hydrogens is 226 g/mol. The van der Waals surface area contributed by atoms with Gasteiger partial charge in [-0.3, -0.25) is 19.8 Å². The summed E-state index contributed by atoms with van der Waals surface area (Å²) >= 11 is 0. The van der Waals surface area contributed by atoms with E-state index in [1.165, 1.54) is 0 Å². The highest BCUT2D eigenvalue weighted by atomic mass is 16.4. The Hall–Kier alpha value is -1.63. The molecule has 17 heavy (non-hydrogen) atoms. The van der Waals surface area contributed by atoms with Gasteiger partial charge in [-0.15, -0.1) is 0 Å². The van der Waals surface area contributed by atoms with Gasteiger partial charge in [0, 0.05) is 6.04 Å². The average Bonchev–Trinajstić information content (AvgIpc) is 2.66. The number of urea groups is 1. The van der Waals surface area contributed by atoms with Gasteiger partial charge in [-0.2, -0.15) is 0 Å². The number of carbonyl (C=O) groups excluding carboxylic acids is 2. The van der Waals surface area contributed by atoms with Gasteiger partial charge in [0.2, 0.25) is 5.91 Å². The Bertz CT molecular complexity index is 313. The van der Waals surface area contributed by atoms with E-state index >= 15 is 0 Å². The lowest BCUT2D eigenvalue weighted by molar-refractivity contribution is -0.139. The summed E-state index contributed by atoms with van der Waals surface area (Å²) in [7, 11) is 0. The second-order valence-electron chi connectivity index (χ2n) is 4.15. The van der Waals surface area contributed by atoms with Crippen molar-refractivity contribution >= 4 is 17.9 Å². The van der Waals surface area contributed by atoms with E-state index < -0.39 is 17.9 Å². The highest BCUT2D eigenvalue weighted by molar-refractivity contribution is 5.94. The summed E-state index contributed by atoms with van der Waals surface area (Å²) in [6, 6.07) is -0.818. The van der Waals surface area contributed by atoms with E-state index in [4.69, 9.17) is 10.8 Å². The summed E-state index contributed by atoms with van der Waals surface area (Å²) in [5.74, 6) is -1.55. The molecule has 0 radical (unpaired) electrons. The number of nitrogens with one attached hydrogen (secondary N) is 1. The van der Waals surface area contributed by atoms with E-state index in [-0.39, 0.29) is 19.1 Å². The fraction of sp³-hybridized carbons (Fsp3) is 0.700. The maximum atomic E-state index is 11.4. The van der Waals surface area contributed by atoms with Gasteiger partial charge in [-0.05, 0) is 12.8 Å². The average molecular weight is 243 g/mol. The number of nitrogens with zero attached hydrogens (tertiary/aromatic N) is 1. The van der Waals surface area contributed by atoms with Crippen LogP contribution in [-0.2, 0) is 9.59 Å². The van der Waals surface area contributed by atoms with Gasteiger partial charge in [-0.25, -0.2) is 4.79 Å². The quantitative estimate of drug-likeness (QED) is 0.603. The van der Waals surface area contributed by atoms with Crippen molar-refractivity contribution in [3.8, 4) is 0 Å². The lowest BCUT2D eigenvalue weighted by atomic mass is 10.2. The zero-order valence-electron chi connectivity index (χ0n) is 9.52. The molecule has 0 atom stereocenters. The molecule has 0 aliphatic heterocycles. The van der Waals surface area contributed by atoms with Crippen molar-refractivity contribution in [2.75, 3.05) is 13.1 Å². The minimum atomic E-state index is -0.983. The second kappa shape index (κ2) is 6.19. The lowest BCUT2D eigenvalue weighted by Gasteiger charge is -2.25. The van der Waals surface area contributed by atoms with E-state index in [1.54, 1.807) is 4.90 Å². The predicted octanol–water partition coefficient (Wildman–Crippen LogP) is -0.490. The van der Waals surface area contributed by atoms with E-state index in [9.17, 15) is 14.4 Å². The van der Waals surface area contributed by atoms with Crippen molar-refractivity contribution in [3.63, 3.8) is 0 Å². The Balaban J connectivity index is 2.53. The summed E-state index contributed by atoms with van der Waals surface area (Å²) in [4.78, 5) is 34.1. The van der Waals surface area contributed by atoms with Crippen molar-refractivity contribution in [2.45, 2.75) is 31.7 Å². The van der Waals surface area contributed by atoms with E-state index in [1.807, 2.05) is 5.32 Å². The number of carbonyl (C=O) groups is 3. The summed E-state index contributed by atoms with van der Waals surface area (Å²) in [6.07, 6.45) is 3.85. The van der Waals surface area contributed by atoms with E-state index in [0.29, 0.717) is 0 Å². The zero-order valence-corrected chi connectivity index (χ0v) is 9.52. The number of imide groups is 1. The first-order chi connectivity index (χ1) is 7.99. The summed E-state index contributed by atoms with van der Waals surface area (Å²) in [5.41, 5.74) is 4.82. The maximum absolute atomic E-state index is 11.4. The largest absolute Gasteiger partial charge is 0.480 e. The van der Waals surface area contributed by atoms with Crippen molar-refractivity contribution in [1.29, 1.82) is 0 Å². The van der Waals surface area contributed by atoms with Gasteiger partial charge >= 0.3 is 12.0 Å². The number of hydrogen-bond acceptors (Lipinski definition) is 4. The molecule has 0 saturated heterocycles. The Kier molecular flexibility index (Phi) is 4.89. The molecule has 1 fully saturated rings. The molecule has 0 aromatic carbocycles. The number of amides is 3. The Morgan fingerprint density at radius 1 is 1.24 bits per heavy atom. The molecule has 3 amide bonds. The minimum Gasteiger partial charge on any atom is -0.480 e. The standard InChI is InChI=1S/C10H17N3O4/c11-10(17)12-8(14)5-13(6-9(15)16)7-3-1-2-4-7/h7H,1-6H2,(H,15,16)(H3,11,12,14,17). The topological polar surface area (TPSA) is 113 Å². The third-order valence-corrected chi connectivity index (χ3v) is 2.79. The van der Waals surface area contributed by atoms with Crippen molar-refractivity contribution in [3.05, 3.63) is 0 Å². The molecule has 1 aliphatic rings. The van der Waals surface area contributed by atoms with Crippen LogP contribution in [0.2, 0.25) is 0 Å². The van der Waals surface area contributed by atoms with Gasteiger partial charge < -0.3 is 10.8 Å². The van der Waals surface area contributed by atoms with Gasteiger partial charge in [0.1, 0.15) is 0 Å². The smallest absolute Gasteiger partial charge is 0.318 e. The highest BCUT2D eigenvalue weighted by Gasteiger charge is 2.26. The Morgan fingerprint density at radius 2 is 1.82 bits per heavy atom. The maximum Gasteiger partial charge on any atom is 0.318 e. The van der Waals surface area contributed by atoms with Crippen LogP contribution in [0.15, 0.2) is 0 Å². The van der Waals surface area contributed by atoms with Crippen molar-refractivity contribution in [2.24, 2.45) is 5.73 Å². The molecule has 1 aliphatic carbocycles. The van der Waals surface area contributed by atoms with Crippen LogP contribution >= 0.6 is 0 Å². The SMILES string of the molecule is NC(=O)NC(=O)CN(CC(=O)O)C1CCCC1. The molecule has 0 heterocycles. The summed E-state index contributed by atoms with van der Waals surface area (Å²) in [6.45, 7) is -0.309. The fourth-order valence-electron chi connectivity index (χ4n) is 2.12. The second-order valence-corrected chi connectivity index (χ2v) is 4.15. The monoisotopic (exact) mass is 243 g/mol. The minimum absolute atomic E-state index is 0.102. The van der Waals surface area contributed by atoms with Gasteiger partial charge in [-0.1, -0.05) is 12.8 Å². The van der Waals surface area contributed by atoms with Crippen LogP contribution in [0.4, 0.5) is 4.79 Å². The normalized spacial score (nSPS) is 16.1. The molecule has 0 spiro atoms. The first-order valence-corrected chi connectivity index (χ1v) is 5.54. The molecule has 0 unspecified atom stereocenters. The number of primary amides is 1. The predicted molar refractivity (Wildman–Crippen MR) is 59.2 cm³/mol. The number of rotatable bonds is 5. The summed E-state index contributed by atoms with van der Waals surface area (Å²) in [5, 5.41) is 10.7. The molecule has 1 rings (SSSR count). The van der Waals surface area contributed by atoms with Crippen LogP contribution in [0.3, 0.4) is 0 Å². The third kappa shape index (κ3) is 4.81. The molecule has 4 N–H and O–H groups in total. The molecular formula is C10H17N3O4. The number of aliphatic carboxylic acids is 1. The molecule has 7 heteroatoms. The molecule has 96 valence electrons. The first-order valence-electron chi connectivity index (χ1n) is 5.54. The highest BCUT2D eigenvalue weighted by Crippen LogP contribution is 2.22. The fourth-order valence-corrected chi connectivity index (χ4v) is 2.12. The zero-order chi connectivity index (χ0) is 12.8. The van der Waals surface area contributed by atoms with Crippen LogP contribution in [0, 0.1) is 0 Å². The van der Waals surface area contributed by atoms with Crippen LogP contribution in [0.5, 0.6) is 0 Å². The van der Waals surface area contributed by atoms with E-state index in [2.05, 4.69) is 0 Å². The Morgan fingerprint density at radius 3 is 2.29 bits per heavy atom. The molecule has 0 aromatic rings. The van der Waals surface area contributed by atoms with Crippen LogP contribution in [-0.4, -0.2) is 47.0 Å². The van der Waals surface area contributed by atoms with E-state index in [0.717, 1.165) is 25.7 Å². The van der Waals surface area contributed by atoms with Crippen LogP contribution < -0.4 is 11.1 Å². The van der Waals surface area contributed by atoms with Crippen molar-refractivity contribution in [1.82, 2.24) is 10.2 Å². The van der Waals surface area contributed by atoms with Crippen molar-refractivity contribution < 1.29 is 19.5 Å². The molecule has 0 bridgehead atoms. The molecule has 0 aromatic heterocycles. The van der Waals surface area contributed by atoms with Crippen LogP contribution in [0.25, 0.3) is 0 Å². The summed E-state index contributed by atoms with van der Waals surface area (Å²) < 4.78 is 0. The third-order valence-electron chi connectivity index (χ3n) is 2.79. The number of carboxylic acids is 1.